The molecule has 0 saturated heterocycles. The van der Waals surface area contributed by atoms with Gasteiger partial charge in [0.1, 0.15) is 0 Å². The molecule has 3 nitrogen and oxygen atoms in total. The molecule has 0 bridgehead atoms. The van der Waals surface area contributed by atoms with Gasteiger partial charge in [0, 0.05) is 22.0 Å². The van der Waals surface area contributed by atoms with Crippen LogP contribution in [0.25, 0.3) is 11.0 Å². The number of benzene rings is 1. The van der Waals surface area contributed by atoms with E-state index in [1.54, 1.807) is 0 Å². The van der Waals surface area contributed by atoms with E-state index in [4.69, 9.17) is 10.3 Å². The van der Waals surface area contributed by atoms with Crippen LogP contribution in [0.4, 0.5) is 0 Å². The molecule has 0 unspecified atom stereocenters. The second-order valence-corrected chi connectivity index (χ2v) is 3.83. The first-order chi connectivity index (χ1) is 6.22. The van der Waals surface area contributed by atoms with Gasteiger partial charge in [-0.1, -0.05) is 21.1 Å². The number of nitrogens with zero attached hydrogens (tertiary/aromatic N) is 1. The van der Waals surface area contributed by atoms with Crippen molar-refractivity contribution < 1.29 is 4.52 Å². The number of hydrogen-bond acceptors (Lipinski definition) is 3. The van der Waals surface area contributed by atoms with Gasteiger partial charge < -0.3 is 10.3 Å². The zero-order chi connectivity index (χ0) is 9.42. The molecule has 0 spiro atoms. The van der Waals surface area contributed by atoms with Crippen LogP contribution in [0.3, 0.4) is 0 Å². The molecule has 2 N–H and O–H groups in total. The topological polar surface area (TPSA) is 52.0 Å². The number of nitrogens with two attached hydrogens (primary N) is 1. The molecule has 1 heterocycles. The molecular formula is C9H9BrN2O. The van der Waals surface area contributed by atoms with Crippen molar-refractivity contribution in [1.29, 1.82) is 0 Å². The highest BCUT2D eigenvalue weighted by Crippen LogP contribution is 2.26. The lowest BCUT2D eigenvalue weighted by atomic mass is 10.1. The maximum Gasteiger partial charge on any atom is 0.171 e. The molecule has 4 heteroatoms. The van der Waals surface area contributed by atoms with Crippen molar-refractivity contribution in [2.45, 2.75) is 13.5 Å². The minimum Gasteiger partial charge on any atom is -0.356 e. The van der Waals surface area contributed by atoms with Gasteiger partial charge in [-0.3, -0.25) is 0 Å². The summed E-state index contributed by atoms with van der Waals surface area (Å²) in [4.78, 5) is 0. The van der Waals surface area contributed by atoms with Crippen molar-refractivity contribution in [1.82, 2.24) is 5.16 Å². The van der Waals surface area contributed by atoms with E-state index in [9.17, 15) is 0 Å². The van der Waals surface area contributed by atoms with Crippen LogP contribution >= 0.6 is 15.9 Å². The van der Waals surface area contributed by atoms with Gasteiger partial charge in [0.2, 0.25) is 0 Å². The normalized spacial score (nSPS) is 11.0. The summed E-state index contributed by atoms with van der Waals surface area (Å²) >= 11 is 3.42. The van der Waals surface area contributed by atoms with Crippen molar-refractivity contribution >= 4 is 26.9 Å². The summed E-state index contributed by atoms with van der Waals surface area (Å²) in [6.45, 7) is 2.38. The van der Waals surface area contributed by atoms with Crippen LogP contribution in [0, 0.1) is 6.92 Å². The molecule has 0 aliphatic rings. The van der Waals surface area contributed by atoms with Crippen LogP contribution in [0.2, 0.25) is 0 Å². The van der Waals surface area contributed by atoms with E-state index in [0.29, 0.717) is 6.54 Å². The third-order valence-electron chi connectivity index (χ3n) is 2.01. The average molecular weight is 241 g/mol. The Balaban J connectivity index is 2.84. The Morgan fingerprint density at radius 1 is 1.54 bits per heavy atom. The number of rotatable bonds is 1. The van der Waals surface area contributed by atoms with E-state index in [0.717, 1.165) is 26.7 Å². The molecule has 1 aromatic carbocycles. The van der Waals surface area contributed by atoms with Crippen LogP contribution in [0.1, 0.15) is 11.3 Å². The summed E-state index contributed by atoms with van der Waals surface area (Å²) < 4.78 is 6.18. The molecule has 0 atom stereocenters. The van der Waals surface area contributed by atoms with Gasteiger partial charge in [-0.2, -0.15) is 0 Å². The molecule has 0 aliphatic heterocycles. The highest BCUT2D eigenvalue weighted by atomic mass is 79.9. The number of aryl methyl sites for hydroxylation is 1. The summed E-state index contributed by atoms with van der Waals surface area (Å²) in [5.74, 6) is 0. The third kappa shape index (κ3) is 1.36. The SMILES string of the molecule is Cc1noc2c(CN)cc(Br)cc12. The van der Waals surface area contributed by atoms with E-state index in [1.807, 2.05) is 19.1 Å². The van der Waals surface area contributed by atoms with Gasteiger partial charge >= 0.3 is 0 Å². The largest absolute Gasteiger partial charge is 0.356 e. The minimum absolute atomic E-state index is 0.463. The Labute approximate surface area is 84.0 Å². The molecule has 68 valence electrons. The van der Waals surface area contributed by atoms with Gasteiger partial charge in [0.05, 0.1) is 5.69 Å². The lowest BCUT2D eigenvalue weighted by molar-refractivity contribution is 0.448. The number of fused-ring (bicyclic) bond motifs is 1. The van der Waals surface area contributed by atoms with Crippen molar-refractivity contribution in [3.8, 4) is 0 Å². The van der Waals surface area contributed by atoms with E-state index < -0.39 is 0 Å². The lowest BCUT2D eigenvalue weighted by Crippen LogP contribution is -1.96. The molecule has 0 radical (unpaired) electrons. The fraction of sp³-hybridized carbons (Fsp3) is 0.222. The fourth-order valence-electron chi connectivity index (χ4n) is 1.34. The third-order valence-corrected chi connectivity index (χ3v) is 2.47. The standard InChI is InChI=1S/C9H9BrN2O/c1-5-8-3-7(10)2-6(4-11)9(8)13-12-5/h2-3H,4,11H2,1H3. The Hall–Kier alpha value is -0.870. The summed E-state index contributed by atoms with van der Waals surface area (Å²) in [5.41, 5.74) is 8.25. The molecular weight excluding hydrogens is 232 g/mol. The minimum atomic E-state index is 0.463. The zero-order valence-corrected chi connectivity index (χ0v) is 8.76. The molecule has 13 heavy (non-hydrogen) atoms. The van der Waals surface area contributed by atoms with Gasteiger partial charge in [0.15, 0.2) is 5.58 Å². The fourth-order valence-corrected chi connectivity index (χ4v) is 1.85. The van der Waals surface area contributed by atoms with E-state index in [1.165, 1.54) is 0 Å². The summed E-state index contributed by atoms with van der Waals surface area (Å²) in [6, 6.07) is 3.94. The summed E-state index contributed by atoms with van der Waals surface area (Å²) in [5, 5.41) is 4.92. The summed E-state index contributed by atoms with van der Waals surface area (Å²) in [7, 11) is 0. The Bertz CT molecular complexity index is 450. The van der Waals surface area contributed by atoms with Crippen molar-refractivity contribution in [2.24, 2.45) is 5.73 Å². The van der Waals surface area contributed by atoms with Crippen molar-refractivity contribution in [3.05, 3.63) is 27.9 Å². The predicted molar refractivity (Wildman–Crippen MR) is 54.3 cm³/mol. The predicted octanol–water partition coefficient (Wildman–Crippen LogP) is 2.36. The molecule has 0 saturated carbocycles. The van der Waals surface area contributed by atoms with Gasteiger partial charge in [0.25, 0.3) is 0 Å². The van der Waals surface area contributed by atoms with Crippen LogP contribution < -0.4 is 5.73 Å². The van der Waals surface area contributed by atoms with Crippen molar-refractivity contribution in [2.75, 3.05) is 0 Å². The first kappa shape index (κ1) is 8.72. The monoisotopic (exact) mass is 240 g/mol. The molecule has 2 rings (SSSR count). The van der Waals surface area contributed by atoms with Gasteiger partial charge in [-0.15, -0.1) is 0 Å². The Kier molecular flexibility index (Phi) is 2.09. The maximum atomic E-state index is 5.59. The molecule has 0 amide bonds. The second kappa shape index (κ2) is 3.12. The average Bonchev–Trinajstić information content (AvgIpc) is 2.47. The lowest BCUT2D eigenvalue weighted by Gasteiger charge is -1.98. The highest BCUT2D eigenvalue weighted by molar-refractivity contribution is 9.10. The van der Waals surface area contributed by atoms with E-state index >= 15 is 0 Å². The molecule has 2 aromatic rings. The highest BCUT2D eigenvalue weighted by Gasteiger charge is 2.09. The number of halogens is 1. The van der Waals surface area contributed by atoms with Crippen LogP contribution in [-0.4, -0.2) is 5.16 Å². The van der Waals surface area contributed by atoms with Gasteiger partial charge in [-0.25, -0.2) is 0 Å². The molecule has 1 aromatic heterocycles. The molecule has 0 fully saturated rings. The zero-order valence-electron chi connectivity index (χ0n) is 7.17. The van der Waals surface area contributed by atoms with Gasteiger partial charge in [-0.05, 0) is 19.1 Å². The van der Waals surface area contributed by atoms with Crippen LogP contribution in [-0.2, 0) is 6.54 Å². The summed E-state index contributed by atoms with van der Waals surface area (Å²) in [6.07, 6.45) is 0. The Morgan fingerprint density at radius 3 is 3.00 bits per heavy atom. The Morgan fingerprint density at radius 2 is 2.31 bits per heavy atom. The number of hydrogen-bond donors (Lipinski definition) is 1. The molecule has 0 aliphatic carbocycles. The second-order valence-electron chi connectivity index (χ2n) is 2.91. The first-order valence-corrected chi connectivity index (χ1v) is 4.76. The first-order valence-electron chi connectivity index (χ1n) is 3.97. The van der Waals surface area contributed by atoms with Crippen LogP contribution in [0.15, 0.2) is 21.1 Å². The smallest absolute Gasteiger partial charge is 0.171 e. The van der Waals surface area contributed by atoms with Crippen LogP contribution in [0.5, 0.6) is 0 Å². The maximum absolute atomic E-state index is 5.59. The van der Waals surface area contributed by atoms with E-state index in [2.05, 4.69) is 21.1 Å². The quantitative estimate of drug-likeness (QED) is 0.833. The van der Waals surface area contributed by atoms with E-state index in [-0.39, 0.29) is 0 Å². The number of aromatic nitrogens is 1. The van der Waals surface area contributed by atoms with Crippen molar-refractivity contribution in [3.63, 3.8) is 0 Å².